The molecule has 0 aromatic carbocycles. The number of rotatable bonds is 6. The van der Waals surface area contributed by atoms with Gasteiger partial charge in [-0.3, -0.25) is 9.59 Å². The van der Waals surface area contributed by atoms with Crippen molar-refractivity contribution in [2.45, 2.75) is 100 Å². The van der Waals surface area contributed by atoms with Crippen LogP contribution < -0.4 is 15.4 Å². The highest BCUT2D eigenvalue weighted by Crippen LogP contribution is 2.45. The number of imidazole rings is 1. The Balaban J connectivity index is 1.18. The number of ether oxygens (including phenoxy) is 2. The molecule has 0 bridgehead atoms. The number of nitrogens with zero attached hydrogens (tertiary/aromatic N) is 5. The zero-order valence-electron chi connectivity index (χ0n) is 27.4. The highest BCUT2D eigenvalue weighted by Gasteiger charge is 2.61. The van der Waals surface area contributed by atoms with Crippen LogP contribution >= 0.6 is 11.3 Å². The molecule has 3 amide bonds. The van der Waals surface area contributed by atoms with Crippen LogP contribution in [-0.4, -0.2) is 89.8 Å². The van der Waals surface area contributed by atoms with E-state index in [9.17, 15) is 24.3 Å². The van der Waals surface area contributed by atoms with E-state index in [1.54, 1.807) is 17.0 Å². The fraction of sp³-hybridized carbons (Fsp3) is 0.559. The molecule has 1 unspecified atom stereocenters. The van der Waals surface area contributed by atoms with Crippen LogP contribution in [0.5, 0.6) is 5.88 Å². The lowest BCUT2D eigenvalue weighted by atomic mass is 10.0. The minimum atomic E-state index is -1.43. The predicted molar refractivity (Wildman–Crippen MR) is 179 cm³/mol. The van der Waals surface area contributed by atoms with Crippen LogP contribution in [0, 0.1) is 5.92 Å². The average Bonchev–Trinajstić information content (AvgIpc) is 3.67. The van der Waals surface area contributed by atoms with Crippen molar-refractivity contribution in [2.24, 2.45) is 13.0 Å². The fourth-order valence-electron chi connectivity index (χ4n) is 7.24. The summed E-state index contributed by atoms with van der Waals surface area (Å²) in [5.41, 5.74) is -0.757. The fourth-order valence-corrected chi connectivity index (χ4v) is 8.00. The number of aliphatic carboxylic acids is 1. The number of carboxylic acids is 1. The molecule has 5 atom stereocenters. The van der Waals surface area contributed by atoms with Crippen molar-refractivity contribution >= 4 is 45.4 Å². The standard InChI is InChI=1S/C34H41N7O7S/c1-40-15-14-35-28(40)27-36-23-13-16-49-26(23)30(38-27)47-22-17-25-29(42)39-34(32(44)45)18-20(34)9-5-3-2-4-6-12-24(31(43)41(25)19-22)37-33(46)48-21-10-7-8-11-21/h5,9,13-16,20-22,24-25H,2-4,6-8,10-12,17-19H2,1H3,(H,37,46)(H,39,42)(H,44,45)/t20-,22-,24?,25+,34-/m1/s1. The molecule has 2 aliphatic heterocycles. The largest absolute Gasteiger partial charge is 0.479 e. The lowest BCUT2D eigenvalue weighted by Crippen LogP contribution is -2.56. The monoisotopic (exact) mass is 691 g/mol. The smallest absolute Gasteiger partial charge is 0.408 e. The molecule has 49 heavy (non-hydrogen) atoms. The van der Waals surface area contributed by atoms with Crippen LogP contribution in [0.4, 0.5) is 4.79 Å². The number of aromatic nitrogens is 4. The van der Waals surface area contributed by atoms with Crippen LogP contribution in [0.2, 0.25) is 0 Å². The molecule has 0 spiro atoms. The van der Waals surface area contributed by atoms with E-state index >= 15 is 0 Å². The van der Waals surface area contributed by atoms with Crippen molar-refractivity contribution in [3.8, 4) is 17.5 Å². The van der Waals surface area contributed by atoms with E-state index in [2.05, 4.69) is 20.6 Å². The van der Waals surface area contributed by atoms with Gasteiger partial charge in [0.25, 0.3) is 0 Å². The van der Waals surface area contributed by atoms with Crippen LogP contribution in [0.1, 0.15) is 70.6 Å². The number of hydrogen-bond acceptors (Lipinski definition) is 10. The molecular formula is C34H41N7O7S. The van der Waals surface area contributed by atoms with Gasteiger partial charge in [-0.1, -0.05) is 25.0 Å². The molecular weight excluding hydrogens is 650 g/mol. The van der Waals surface area contributed by atoms with Crippen LogP contribution in [0.15, 0.2) is 36.0 Å². The van der Waals surface area contributed by atoms with Crippen LogP contribution in [0.25, 0.3) is 21.9 Å². The number of hydrogen-bond donors (Lipinski definition) is 3. The summed E-state index contributed by atoms with van der Waals surface area (Å²) < 4.78 is 14.6. The maximum Gasteiger partial charge on any atom is 0.408 e. The zero-order valence-corrected chi connectivity index (χ0v) is 28.2. The number of aryl methyl sites for hydroxylation is 1. The number of nitrogens with one attached hydrogen (secondary N) is 2. The Hall–Kier alpha value is -4.53. The van der Waals surface area contributed by atoms with Gasteiger partial charge in [-0.15, -0.1) is 11.3 Å². The topological polar surface area (TPSA) is 178 Å². The number of carbonyl (C=O) groups excluding carboxylic acids is 3. The number of alkyl carbamates (subject to hydrolysis) is 1. The quantitative estimate of drug-likeness (QED) is 0.321. The Morgan fingerprint density at radius 3 is 2.69 bits per heavy atom. The van der Waals surface area contributed by atoms with E-state index in [1.807, 2.05) is 30.6 Å². The highest BCUT2D eigenvalue weighted by atomic mass is 32.1. The van der Waals surface area contributed by atoms with Gasteiger partial charge in [-0.25, -0.2) is 19.6 Å². The van der Waals surface area contributed by atoms with E-state index in [4.69, 9.17) is 14.5 Å². The first-order valence-corrected chi connectivity index (χ1v) is 18.0. The molecule has 0 radical (unpaired) electrons. The Morgan fingerprint density at radius 2 is 1.92 bits per heavy atom. The molecule has 5 heterocycles. The molecule has 14 nitrogen and oxygen atoms in total. The molecule has 1 saturated heterocycles. The third kappa shape index (κ3) is 6.85. The highest BCUT2D eigenvalue weighted by molar-refractivity contribution is 7.17. The summed E-state index contributed by atoms with van der Waals surface area (Å²) >= 11 is 1.41. The van der Waals surface area contributed by atoms with Gasteiger partial charge >= 0.3 is 12.1 Å². The summed E-state index contributed by atoms with van der Waals surface area (Å²) in [5.74, 6) is -1.22. The number of carbonyl (C=O) groups is 4. The Bertz CT molecular complexity index is 1770. The molecule has 3 aromatic heterocycles. The first-order chi connectivity index (χ1) is 23.7. The first kappa shape index (κ1) is 33.0. The van der Waals surface area contributed by atoms with Gasteiger partial charge in [0, 0.05) is 31.8 Å². The van der Waals surface area contributed by atoms with Crippen molar-refractivity contribution < 1.29 is 33.8 Å². The SMILES string of the molecule is Cn1ccnc1-c1nc(O[C@@H]2C[C@H]3C(=O)N[C@]4(C(=O)O)C[C@H]4C=CCCCCCC(NC(=O)OC4CCCC4)C(=O)N3C2)c2sccc2n1. The number of thiophene rings is 1. The normalized spacial score (nSPS) is 27.9. The third-order valence-corrected chi connectivity index (χ3v) is 11.0. The minimum Gasteiger partial charge on any atom is -0.479 e. The number of amides is 3. The average molecular weight is 692 g/mol. The first-order valence-electron chi connectivity index (χ1n) is 17.1. The Labute approximate surface area is 287 Å². The van der Waals surface area contributed by atoms with Crippen molar-refractivity contribution in [2.75, 3.05) is 6.54 Å². The third-order valence-electron chi connectivity index (χ3n) is 10.1. The second kappa shape index (κ2) is 13.8. The predicted octanol–water partition coefficient (Wildman–Crippen LogP) is 3.96. The molecule has 3 N–H and O–H groups in total. The number of allylic oxidation sites excluding steroid dienone is 1. The summed E-state index contributed by atoms with van der Waals surface area (Å²) in [6.45, 7) is 0.0325. The molecule has 260 valence electrons. The maximum atomic E-state index is 14.4. The van der Waals surface area contributed by atoms with Gasteiger partial charge in [0.15, 0.2) is 11.6 Å². The Morgan fingerprint density at radius 1 is 1.10 bits per heavy atom. The van der Waals surface area contributed by atoms with E-state index in [0.717, 1.165) is 44.9 Å². The molecule has 2 saturated carbocycles. The zero-order chi connectivity index (χ0) is 34.1. The van der Waals surface area contributed by atoms with Gasteiger partial charge in [-0.05, 0) is 62.8 Å². The van der Waals surface area contributed by atoms with Crippen LogP contribution in [0.3, 0.4) is 0 Å². The molecule has 2 aliphatic carbocycles. The van der Waals surface area contributed by atoms with Gasteiger partial charge in [0.1, 0.15) is 34.5 Å². The summed E-state index contributed by atoms with van der Waals surface area (Å²) in [4.78, 5) is 69.0. The second-order valence-electron chi connectivity index (χ2n) is 13.5. The van der Waals surface area contributed by atoms with Gasteiger partial charge in [0.05, 0.1) is 12.1 Å². The maximum absolute atomic E-state index is 14.4. The van der Waals surface area contributed by atoms with Gasteiger partial charge < -0.3 is 34.7 Å². The van der Waals surface area contributed by atoms with E-state index in [-0.39, 0.29) is 31.4 Å². The summed E-state index contributed by atoms with van der Waals surface area (Å²) in [6, 6.07) is -0.0960. The van der Waals surface area contributed by atoms with E-state index in [1.165, 1.54) is 16.2 Å². The van der Waals surface area contributed by atoms with Gasteiger partial charge in [0.2, 0.25) is 17.7 Å². The van der Waals surface area contributed by atoms with Crippen molar-refractivity contribution in [1.29, 1.82) is 0 Å². The molecule has 15 heteroatoms. The number of fused-ring (bicyclic) bond motifs is 3. The van der Waals surface area contributed by atoms with Crippen molar-refractivity contribution in [3.05, 3.63) is 36.0 Å². The summed E-state index contributed by atoms with van der Waals surface area (Å²) in [6.07, 6.45) is 13.2. The Kier molecular flexibility index (Phi) is 9.27. The lowest BCUT2D eigenvalue weighted by molar-refractivity contribution is -0.145. The number of carboxylic acid groups (broad SMARTS) is 1. The molecule has 3 fully saturated rings. The van der Waals surface area contributed by atoms with Crippen LogP contribution in [-0.2, 0) is 26.2 Å². The minimum absolute atomic E-state index is 0.0325. The van der Waals surface area contributed by atoms with E-state index < -0.39 is 47.6 Å². The van der Waals surface area contributed by atoms with E-state index in [0.29, 0.717) is 40.6 Å². The summed E-state index contributed by atoms with van der Waals surface area (Å²) in [7, 11) is 1.84. The lowest BCUT2D eigenvalue weighted by Gasteiger charge is -2.29. The molecule has 3 aromatic rings. The van der Waals surface area contributed by atoms with Gasteiger partial charge in [-0.2, -0.15) is 4.98 Å². The van der Waals surface area contributed by atoms with Crippen molar-refractivity contribution in [3.63, 3.8) is 0 Å². The second-order valence-corrected chi connectivity index (χ2v) is 14.4. The summed E-state index contributed by atoms with van der Waals surface area (Å²) in [5, 5.41) is 17.7. The molecule has 7 rings (SSSR count). The van der Waals surface area contributed by atoms with Crippen molar-refractivity contribution in [1.82, 2.24) is 35.1 Å². The molecule has 4 aliphatic rings.